The summed E-state index contributed by atoms with van der Waals surface area (Å²) in [6.07, 6.45) is -0.252. The number of halogens is 1. The van der Waals surface area contributed by atoms with Crippen molar-refractivity contribution in [2.24, 2.45) is 0 Å². The first-order valence-electron chi connectivity index (χ1n) is 5.33. The van der Waals surface area contributed by atoms with Crippen molar-refractivity contribution in [2.45, 2.75) is 10.6 Å². The van der Waals surface area contributed by atoms with Crippen LogP contribution in [-0.2, 0) is 21.2 Å². The van der Waals surface area contributed by atoms with Crippen LogP contribution in [0.15, 0.2) is 34.5 Å². The Morgan fingerprint density at radius 2 is 2.10 bits per heavy atom. The van der Waals surface area contributed by atoms with Gasteiger partial charge in [-0.25, -0.2) is 13.4 Å². The summed E-state index contributed by atoms with van der Waals surface area (Å²) in [7, 11) is -3.90. The first-order chi connectivity index (χ1) is 9.37. The third-order valence-electron chi connectivity index (χ3n) is 2.18. The molecule has 6 nitrogen and oxygen atoms in total. The molecule has 0 unspecified atom stereocenters. The molecule has 2 aromatic rings. The molecule has 20 heavy (non-hydrogen) atoms. The average molecular weight is 316 g/mol. The minimum atomic E-state index is -3.90. The van der Waals surface area contributed by atoms with Gasteiger partial charge in [-0.05, 0) is 24.3 Å². The summed E-state index contributed by atoms with van der Waals surface area (Å²) in [5.41, 5.74) is 0. The first kappa shape index (κ1) is 14.4. The van der Waals surface area contributed by atoms with Crippen LogP contribution in [0.4, 0.5) is 10.2 Å². The smallest absolute Gasteiger partial charge is 0.308 e. The number of pyridine rings is 1. The van der Waals surface area contributed by atoms with E-state index >= 15 is 0 Å². The van der Waals surface area contributed by atoms with Crippen molar-refractivity contribution in [3.8, 4) is 0 Å². The van der Waals surface area contributed by atoms with E-state index in [1.807, 2.05) is 0 Å². The number of nitrogens with zero attached hydrogens (tertiary/aromatic N) is 1. The highest BCUT2D eigenvalue weighted by Crippen LogP contribution is 2.24. The molecule has 0 bridgehead atoms. The maximum atomic E-state index is 12.9. The Morgan fingerprint density at radius 3 is 2.75 bits per heavy atom. The molecule has 2 aromatic heterocycles. The maximum Gasteiger partial charge on any atom is 0.308 e. The number of anilines is 1. The molecule has 0 amide bonds. The second-order valence-electron chi connectivity index (χ2n) is 3.74. The summed E-state index contributed by atoms with van der Waals surface area (Å²) < 4.78 is 39.0. The second-order valence-corrected chi connectivity index (χ2v) is 6.82. The molecule has 0 aromatic carbocycles. The number of hydrogen-bond acceptors (Lipinski definition) is 5. The number of thiophene rings is 1. The molecular formula is C11H9FN2O4S2. The minimum Gasteiger partial charge on any atom is -0.481 e. The van der Waals surface area contributed by atoms with Crippen molar-refractivity contribution >= 4 is 33.1 Å². The highest BCUT2D eigenvalue weighted by molar-refractivity contribution is 7.94. The maximum absolute atomic E-state index is 12.9. The summed E-state index contributed by atoms with van der Waals surface area (Å²) >= 11 is 0.839. The van der Waals surface area contributed by atoms with Crippen LogP contribution in [0.3, 0.4) is 0 Å². The van der Waals surface area contributed by atoms with Crippen LogP contribution in [0.25, 0.3) is 0 Å². The molecule has 106 valence electrons. The third-order valence-corrected chi connectivity index (χ3v) is 5.11. The van der Waals surface area contributed by atoms with E-state index in [4.69, 9.17) is 5.11 Å². The molecule has 0 aliphatic rings. The van der Waals surface area contributed by atoms with Crippen molar-refractivity contribution in [1.82, 2.24) is 4.98 Å². The van der Waals surface area contributed by atoms with Crippen LogP contribution in [0.1, 0.15) is 4.88 Å². The number of carbonyl (C=O) groups is 1. The van der Waals surface area contributed by atoms with Gasteiger partial charge in [0.2, 0.25) is 5.95 Å². The molecule has 0 radical (unpaired) electrons. The largest absolute Gasteiger partial charge is 0.481 e. The zero-order valence-electron chi connectivity index (χ0n) is 9.91. The van der Waals surface area contributed by atoms with Crippen LogP contribution in [-0.4, -0.2) is 24.5 Å². The molecule has 2 rings (SSSR count). The van der Waals surface area contributed by atoms with Crippen LogP contribution in [0.5, 0.6) is 0 Å². The van der Waals surface area contributed by atoms with Gasteiger partial charge in [-0.2, -0.15) is 4.39 Å². The minimum absolute atomic E-state index is 0.0557. The lowest BCUT2D eigenvalue weighted by Gasteiger charge is -2.04. The van der Waals surface area contributed by atoms with Gasteiger partial charge < -0.3 is 5.11 Å². The van der Waals surface area contributed by atoms with Gasteiger partial charge in [0, 0.05) is 4.88 Å². The molecule has 0 fully saturated rings. The van der Waals surface area contributed by atoms with E-state index in [1.54, 1.807) is 0 Å². The fraction of sp³-hybridized carbons (Fsp3) is 0.0909. The van der Waals surface area contributed by atoms with E-state index in [2.05, 4.69) is 9.71 Å². The zero-order valence-corrected chi connectivity index (χ0v) is 11.5. The molecule has 0 atom stereocenters. The standard InChI is InChI=1S/C11H9FN2O4S2/c12-8-2-1-3-9(13-8)14-20(17,18)11-5-4-7(19-11)6-10(15)16/h1-5H,6H2,(H,13,14)(H,15,16). The zero-order chi connectivity index (χ0) is 14.8. The SMILES string of the molecule is O=C(O)Cc1ccc(S(=O)(=O)Nc2cccc(F)n2)s1. The van der Waals surface area contributed by atoms with E-state index in [0.29, 0.717) is 4.88 Å². The normalized spacial score (nSPS) is 11.2. The number of aliphatic carboxylic acids is 1. The van der Waals surface area contributed by atoms with Crippen molar-refractivity contribution in [2.75, 3.05) is 4.72 Å². The fourth-order valence-corrected chi connectivity index (χ4v) is 3.75. The Labute approximate surface area is 118 Å². The van der Waals surface area contributed by atoms with Gasteiger partial charge in [0.05, 0.1) is 6.42 Å². The lowest BCUT2D eigenvalue weighted by atomic mass is 10.3. The summed E-state index contributed by atoms with van der Waals surface area (Å²) in [6, 6.07) is 6.45. The predicted octanol–water partition coefficient (Wildman–Crippen LogP) is 1.71. The Kier molecular flexibility index (Phi) is 4.00. The van der Waals surface area contributed by atoms with E-state index in [1.165, 1.54) is 24.3 Å². The number of carboxylic acid groups (broad SMARTS) is 1. The Bertz CT molecular complexity index is 742. The summed E-state index contributed by atoms with van der Waals surface area (Å²) in [4.78, 5) is 14.3. The lowest BCUT2D eigenvalue weighted by molar-refractivity contribution is -0.136. The van der Waals surface area contributed by atoms with Gasteiger partial charge in [-0.1, -0.05) is 6.07 Å². The summed E-state index contributed by atoms with van der Waals surface area (Å²) in [5, 5.41) is 8.63. The lowest BCUT2D eigenvalue weighted by Crippen LogP contribution is -2.12. The third kappa shape index (κ3) is 3.52. The molecule has 0 aliphatic heterocycles. The molecule has 0 saturated carbocycles. The fourth-order valence-electron chi connectivity index (χ4n) is 1.40. The van der Waals surface area contributed by atoms with Crippen LogP contribution < -0.4 is 4.72 Å². The summed E-state index contributed by atoms with van der Waals surface area (Å²) in [6.45, 7) is 0. The molecule has 9 heteroatoms. The molecule has 2 heterocycles. The van der Waals surface area contributed by atoms with Crippen LogP contribution in [0.2, 0.25) is 0 Å². The number of nitrogens with one attached hydrogen (secondary N) is 1. The van der Waals surface area contributed by atoms with Crippen LogP contribution in [0, 0.1) is 5.95 Å². The highest BCUT2D eigenvalue weighted by Gasteiger charge is 2.18. The van der Waals surface area contributed by atoms with Crippen molar-refractivity contribution in [1.29, 1.82) is 0 Å². The van der Waals surface area contributed by atoms with Crippen LogP contribution >= 0.6 is 11.3 Å². The number of hydrogen-bond donors (Lipinski definition) is 2. The monoisotopic (exact) mass is 316 g/mol. The average Bonchev–Trinajstić information content (AvgIpc) is 2.76. The van der Waals surface area contributed by atoms with Gasteiger partial charge >= 0.3 is 5.97 Å². The Morgan fingerprint density at radius 1 is 1.35 bits per heavy atom. The van der Waals surface area contributed by atoms with E-state index in [9.17, 15) is 17.6 Å². The Hall–Kier alpha value is -2.00. The molecular weight excluding hydrogens is 307 g/mol. The quantitative estimate of drug-likeness (QED) is 0.819. The number of aromatic nitrogens is 1. The van der Waals surface area contributed by atoms with E-state index in [-0.39, 0.29) is 16.4 Å². The molecule has 0 spiro atoms. The number of rotatable bonds is 5. The number of carboxylic acids is 1. The van der Waals surface area contributed by atoms with Crippen molar-refractivity contribution in [3.63, 3.8) is 0 Å². The van der Waals surface area contributed by atoms with Crippen molar-refractivity contribution in [3.05, 3.63) is 41.2 Å². The molecule has 0 aliphatic carbocycles. The van der Waals surface area contributed by atoms with E-state index < -0.39 is 21.9 Å². The van der Waals surface area contributed by atoms with Crippen molar-refractivity contribution < 1.29 is 22.7 Å². The number of sulfonamides is 1. The molecule has 2 N–H and O–H groups in total. The first-order valence-corrected chi connectivity index (χ1v) is 7.63. The van der Waals surface area contributed by atoms with E-state index in [0.717, 1.165) is 17.4 Å². The van der Waals surface area contributed by atoms with Gasteiger partial charge in [0.25, 0.3) is 10.0 Å². The molecule has 0 saturated heterocycles. The highest BCUT2D eigenvalue weighted by atomic mass is 32.2. The summed E-state index contributed by atoms with van der Waals surface area (Å²) in [5.74, 6) is -1.99. The predicted molar refractivity (Wildman–Crippen MR) is 70.7 cm³/mol. The van der Waals surface area contributed by atoms with Gasteiger partial charge in [0.15, 0.2) is 0 Å². The van der Waals surface area contributed by atoms with Gasteiger partial charge in [-0.15, -0.1) is 11.3 Å². The second kappa shape index (κ2) is 5.55. The van der Waals surface area contributed by atoms with Gasteiger partial charge in [0.1, 0.15) is 10.0 Å². The Balaban J connectivity index is 2.22. The topological polar surface area (TPSA) is 96.4 Å². The van der Waals surface area contributed by atoms with Gasteiger partial charge in [-0.3, -0.25) is 9.52 Å².